The predicted molar refractivity (Wildman–Crippen MR) is 80.6 cm³/mol. The number of benzene rings is 1. The molecule has 0 aliphatic carbocycles. The molecule has 1 aliphatic rings. The van der Waals surface area contributed by atoms with Gasteiger partial charge >= 0.3 is 5.69 Å². The number of hydrogen-bond donors (Lipinski definition) is 0. The van der Waals surface area contributed by atoms with Crippen molar-refractivity contribution in [2.45, 2.75) is 6.42 Å². The summed E-state index contributed by atoms with van der Waals surface area (Å²) in [6.45, 7) is 0.339. The number of halogens is 4. The minimum atomic E-state index is -1.66. The van der Waals surface area contributed by atoms with Gasteiger partial charge in [0, 0.05) is 40.7 Å². The maximum atomic E-state index is 13.9. The molecule has 0 spiro atoms. The maximum absolute atomic E-state index is 13.9. The molecule has 0 aromatic heterocycles. The van der Waals surface area contributed by atoms with Crippen LogP contribution in [0.3, 0.4) is 0 Å². The van der Waals surface area contributed by atoms with Crippen LogP contribution in [0.1, 0.15) is 6.42 Å². The number of nitrogens with zero attached hydrogens (tertiary/aromatic N) is 2. The largest absolute Gasteiger partial charge is 0.420 e. The van der Waals surface area contributed by atoms with Crippen LogP contribution in [-0.2, 0) is 4.18 Å². The van der Waals surface area contributed by atoms with Crippen LogP contribution in [0.15, 0.2) is 17.9 Å². The molecule has 114 valence electrons. The zero-order valence-electron chi connectivity index (χ0n) is 10.3. The second-order valence-electron chi connectivity index (χ2n) is 4.12. The molecule has 0 fully saturated rings. The van der Waals surface area contributed by atoms with Crippen molar-refractivity contribution in [1.29, 1.82) is 0 Å². The molecule has 0 atom stereocenters. The van der Waals surface area contributed by atoms with Gasteiger partial charge in [-0.25, -0.2) is 8.78 Å². The lowest BCUT2D eigenvalue weighted by atomic mass is 10.1. The van der Waals surface area contributed by atoms with E-state index in [1.54, 1.807) is 6.08 Å². The molecule has 2 rings (SSSR count). The summed E-state index contributed by atoms with van der Waals surface area (Å²) in [5, 5.41) is 10.5. The van der Waals surface area contributed by atoms with Crippen molar-refractivity contribution in [2.75, 3.05) is 18.0 Å². The average molecular weight is 432 g/mol. The van der Waals surface area contributed by atoms with Gasteiger partial charge in [0.25, 0.3) is 0 Å². The second-order valence-corrected chi connectivity index (χ2v) is 5.50. The monoisotopic (exact) mass is 432 g/mol. The predicted octanol–water partition coefficient (Wildman–Crippen LogP) is 4.12. The third-order valence-electron chi connectivity index (χ3n) is 2.93. The van der Waals surface area contributed by atoms with E-state index in [2.05, 4.69) is 0 Å². The van der Waals surface area contributed by atoms with Gasteiger partial charge in [-0.05, 0) is 6.08 Å². The lowest BCUT2D eigenvalue weighted by Gasteiger charge is -2.28. The Balaban J connectivity index is 2.34. The molecule has 0 amide bonds. The number of anilines is 1. The van der Waals surface area contributed by atoms with Crippen molar-refractivity contribution in [3.8, 4) is 0 Å². The van der Waals surface area contributed by atoms with Gasteiger partial charge in [0.05, 0.1) is 11.0 Å². The van der Waals surface area contributed by atoms with Gasteiger partial charge in [0.1, 0.15) is 20.7 Å². The zero-order chi connectivity index (χ0) is 15.6. The fraction of sp³-hybridized carbons (Fsp3) is 0.273. The Morgan fingerprint density at radius 2 is 2.10 bits per heavy atom. The highest BCUT2D eigenvalue weighted by Gasteiger charge is 2.29. The summed E-state index contributed by atoms with van der Waals surface area (Å²) in [6, 6.07) is 0.393. The van der Waals surface area contributed by atoms with E-state index in [1.807, 2.05) is 21.2 Å². The molecule has 1 aromatic rings. The summed E-state index contributed by atoms with van der Waals surface area (Å²) in [4.78, 5) is 10.6. The first-order valence-electron chi connectivity index (χ1n) is 5.66. The lowest BCUT2D eigenvalue weighted by Crippen LogP contribution is -2.30. The molecule has 0 saturated heterocycles. The molecular weight excluding hydrogens is 424 g/mol. The summed E-state index contributed by atoms with van der Waals surface area (Å²) in [6.07, 6.45) is 2.01. The molecule has 10 heteroatoms. The van der Waals surface area contributed by atoms with Crippen LogP contribution in [0, 0.1) is 27.6 Å². The molecule has 0 saturated carbocycles. The van der Waals surface area contributed by atoms with Gasteiger partial charge in [-0.3, -0.25) is 10.1 Å². The molecule has 0 N–H and O–H groups in total. The fourth-order valence-corrected chi connectivity index (χ4v) is 2.89. The Morgan fingerprint density at radius 1 is 1.38 bits per heavy atom. The van der Waals surface area contributed by atoms with E-state index < -0.39 is 33.7 Å². The maximum Gasteiger partial charge on any atom is 0.310 e. The Kier molecular flexibility index (Phi) is 5.19. The van der Waals surface area contributed by atoms with Crippen molar-refractivity contribution in [3.05, 3.63) is 45.5 Å². The summed E-state index contributed by atoms with van der Waals surface area (Å²) in [5.41, 5.74) is -1.82. The Labute approximate surface area is 134 Å². The standard InChI is InChI=1S/C11H8F3IN2O3S/c12-7-5-8(17(18)19)9(13)10(14)11(7)16-3-1-6(2-4-16)20-21-15/h1,5H,2-4H2. The smallest absolute Gasteiger partial charge is 0.310 e. The molecule has 0 bridgehead atoms. The molecule has 1 aromatic carbocycles. The van der Waals surface area contributed by atoms with Crippen LogP contribution in [0.25, 0.3) is 0 Å². The van der Waals surface area contributed by atoms with Crippen LogP contribution < -0.4 is 4.90 Å². The van der Waals surface area contributed by atoms with E-state index in [0.717, 1.165) is 9.21 Å². The third kappa shape index (κ3) is 3.36. The Hall–Kier alpha value is -1.17. The SMILES string of the molecule is O=[N+]([O-])c1cc(F)c(N2CC=C(OSI)CC2)c(F)c1F. The number of nitro groups is 1. The quantitative estimate of drug-likeness (QED) is 0.236. The van der Waals surface area contributed by atoms with Gasteiger partial charge in [-0.2, -0.15) is 4.39 Å². The van der Waals surface area contributed by atoms with Gasteiger partial charge in [-0.1, -0.05) is 0 Å². The second kappa shape index (κ2) is 6.73. The van der Waals surface area contributed by atoms with Gasteiger partial charge < -0.3 is 9.08 Å². The lowest BCUT2D eigenvalue weighted by molar-refractivity contribution is -0.388. The third-order valence-corrected chi connectivity index (χ3v) is 3.75. The summed E-state index contributed by atoms with van der Waals surface area (Å²) in [5.74, 6) is -3.72. The van der Waals surface area contributed by atoms with Crippen molar-refractivity contribution in [2.24, 2.45) is 0 Å². The van der Waals surface area contributed by atoms with E-state index >= 15 is 0 Å². The Morgan fingerprint density at radius 3 is 2.62 bits per heavy atom. The van der Waals surface area contributed by atoms with Crippen LogP contribution in [-0.4, -0.2) is 18.0 Å². The minimum Gasteiger partial charge on any atom is -0.420 e. The van der Waals surface area contributed by atoms with E-state index in [0.29, 0.717) is 18.2 Å². The first-order chi connectivity index (χ1) is 9.95. The van der Waals surface area contributed by atoms with Crippen molar-refractivity contribution >= 4 is 41.8 Å². The molecule has 0 unspecified atom stereocenters. The van der Waals surface area contributed by atoms with Crippen LogP contribution >= 0.6 is 30.4 Å². The molecular formula is C11H8F3IN2O3S. The van der Waals surface area contributed by atoms with Gasteiger partial charge in [0.15, 0.2) is 11.6 Å². The van der Waals surface area contributed by atoms with E-state index in [9.17, 15) is 23.3 Å². The molecule has 1 aliphatic heterocycles. The van der Waals surface area contributed by atoms with Crippen LogP contribution in [0.5, 0.6) is 0 Å². The van der Waals surface area contributed by atoms with Crippen LogP contribution in [0.2, 0.25) is 0 Å². The zero-order valence-corrected chi connectivity index (χ0v) is 13.3. The number of rotatable bonds is 4. The van der Waals surface area contributed by atoms with Crippen molar-refractivity contribution in [1.82, 2.24) is 0 Å². The Bertz CT molecular complexity index is 615. The number of nitro benzene ring substituents is 1. The highest BCUT2D eigenvalue weighted by molar-refractivity contribution is 14.2. The molecule has 21 heavy (non-hydrogen) atoms. The molecule has 5 nitrogen and oxygen atoms in total. The highest BCUT2D eigenvalue weighted by atomic mass is 127. The van der Waals surface area contributed by atoms with Crippen molar-refractivity contribution in [3.63, 3.8) is 0 Å². The average Bonchev–Trinajstić information content (AvgIpc) is 2.45. The molecule has 0 radical (unpaired) electrons. The van der Waals surface area contributed by atoms with Crippen molar-refractivity contribution < 1.29 is 22.3 Å². The first kappa shape index (κ1) is 16.2. The molecule has 1 heterocycles. The van der Waals surface area contributed by atoms with Crippen LogP contribution in [0.4, 0.5) is 24.5 Å². The summed E-state index contributed by atoms with van der Waals surface area (Å²) < 4.78 is 46.5. The normalized spacial score (nSPS) is 14.9. The summed E-state index contributed by atoms with van der Waals surface area (Å²) in [7, 11) is 1.12. The first-order valence-corrected chi connectivity index (χ1v) is 8.95. The topological polar surface area (TPSA) is 55.6 Å². The van der Waals surface area contributed by atoms with Gasteiger partial charge in [-0.15, -0.1) is 0 Å². The van der Waals surface area contributed by atoms with E-state index in [4.69, 9.17) is 4.18 Å². The number of hydrogen-bond acceptors (Lipinski definition) is 5. The minimum absolute atomic E-state index is 0.123. The highest BCUT2D eigenvalue weighted by Crippen LogP contribution is 2.33. The van der Waals surface area contributed by atoms with E-state index in [-0.39, 0.29) is 13.1 Å². The summed E-state index contributed by atoms with van der Waals surface area (Å²) >= 11 is 1.94. The van der Waals surface area contributed by atoms with Gasteiger partial charge in [0.2, 0.25) is 5.82 Å². The van der Waals surface area contributed by atoms with E-state index in [1.165, 1.54) is 4.90 Å². The fourth-order valence-electron chi connectivity index (χ4n) is 1.97.